The molecule has 0 radical (unpaired) electrons. The van der Waals surface area contributed by atoms with Gasteiger partial charge in [-0.1, -0.05) is 42.0 Å². The molecule has 2 amide bonds. The third kappa shape index (κ3) is 5.40. The van der Waals surface area contributed by atoms with Crippen LogP contribution in [-0.4, -0.2) is 21.4 Å². The number of aryl methyl sites for hydroxylation is 1. The molecule has 4 rings (SSSR count). The van der Waals surface area contributed by atoms with Crippen LogP contribution in [0.1, 0.15) is 18.1 Å². The Morgan fingerprint density at radius 2 is 1.66 bits per heavy atom. The summed E-state index contributed by atoms with van der Waals surface area (Å²) < 4.78 is 28.2. The standard InChI is InChI=1S/C26H22F2N4O3/c1-16-7-9-18(10-8-16)14-31(17(2)33)25-26(35)32(23-6-4-3-5-22(23)30-25)15-24(34)29-21-12-19(27)11-20(28)13-21/h3-13H,14-15H2,1-2H3,(H,29,34). The molecule has 0 bridgehead atoms. The lowest BCUT2D eigenvalue weighted by molar-refractivity contribution is -0.117. The Kier molecular flexibility index (Phi) is 6.68. The number of anilines is 2. The average Bonchev–Trinajstić information content (AvgIpc) is 2.79. The summed E-state index contributed by atoms with van der Waals surface area (Å²) in [5.41, 5.74) is 1.91. The van der Waals surface area contributed by atoms with E-state index in [-0.39, 0.29) is 18.1 Å². The number of benzene rings is 3. The van der Waals surface area contributed by atoms with Gasteiger partial charge in [0.1, 0.15) is 18.2 Å². The zero-order valence-corrected chi connectivity index (χ0v) is 19.1. The quantitative estimate of drug-likeness (QED) is 0.453. The number of para-hydroxylation sites is 2. The second-order valence-corrected chi connectivity index (χ2v) is 8.11. The number of rotatable bonds is 6. The van der Waals surface area contributed by atoms with Crippen molar-refractivity contribution in [3.05, 3.63) is 99.8 Å². The van der Waals surface area contributed by atoms with Gasteiger partial charge in [-0.05, 0) is 36.8 Å². The number of hydrogen-bond acceptors (Lipinski definition) is 4. The van der Waals surface area contributed by atoms with E-state index in [9.17, 15) is 23.2 Å². The molecule has 0 saturated heterocycles. The molecule has 0 aliphatic carbocycles. The Hall–Kier alpha value is -4.40. The van der Waals surface area contributed by atoms with Crippen molar-refractivity contribution in [1.82, 2.24) is 9.55 Å². The van der Waals surface area contributed by atoms with Gasteiger partial charge in [-0.25, -0.2) is 13.8 Å². The number of amides is 2. The normalized spacial score (nSPS) is 10.9. The molecular formula is C26H22F2N4O3. The minimum Gasteiger partial charge on any atom is -0.324 e. The lowest BCUT2D eigenvalue weighted by Crippen LogP contribution is -2.38. The van der Waals surface area contributed by atoms with E-state index in [4.69, 9.17) is 0 Å². The Labute approximate surface area is 199 Å². The fourth-order valence-electron chi connectivity index (χ4n) is 3.69. The topological polar surface area (TPSA) is 84.3 Å². The van der Waals surface area contributed by atoms with Crippen molar-refractivity contribution < 1.29 is 18.4 Å². The van der Waals surface area contributed by atoms with Crippen LogP contribution in [0.4, 0.5) is 20.3 Å². The SMILES string of the molecule is CC(=O)N(Cc1ccc(C)cc1)c1nc2ccccc2n(CC(=O)Nc2cc(F)cc(F)c2)c1=O. The van der Waals surface area contributed by atoms with Crippen molar-refractivity contribution in [3.8, 4) is 0 Å². The number of carbonyl (C=O) groups excluding carboxylic acids is 2. The van der Waals surface area contributed by atoms with Crippen LogP contribution in [0.2, 0.25) is 0 Å². The zero-order chi connectivity index (χ0) is 25.1. The van der Waals surface area contributed by atoms with Gasteiger partial charge >= 0.3 is 0 Å². The van der Waals surface area contributed by atoms with E-state index in [1.165, 1.54) is 16.4 Å². The summed E-state index contributed by atoms with van der Waals surface area (Å²) >= 11 is 0. The van der Waals surface area contributed by atoms with E-state index in [1.807, 2.05) is 31.2 Å². The van der Waals surface area contributed by atoms with Crippen LogP contribution in [0.25, 0.3) is 11.0 Å². The highest BCUT2D eigenvalue weighted by atomic mass is 19.1. The Balaban J connectivity index is 1.73. The van der Waals surface area contributed by atoms with Gasteiger partial charge in [0.25, 0.3) is 5.56 Å². The Bertz CT molecular complexity index is 1460. The molecule has 178 valence electrons. The van der Waals surface area contributed by atoms with Crippen LogP contribution in [0, 0.1) is 18.6 Å². The van der Waals surface area contributed by atoms with Crippen molar-refractivity contribution in [3.63, 3.8) is 0 Å². The average molecular weight is 476 g/mol. The number of fused-ring (bicyclic) bond motifs is 1. The fraction of sp³-hybridized carbons (Fsp3) is 0.154. The highest BCUT2D eigenvalue weighted by Crippen LogP contribution is 2.18. The smallest absolute Gasteiger partial charge is 0.294 e. The van der Waals surface area contributed by atoms with E-state index in [0.29, 0.717) is 17.1 Å². The molecule has 1 aromatic heterocycles. The van der Waals surface area contributed by atoms with Crippen LogP contribution >= 0.6 is 0 Å². The third-order valence-corrected chi connectivity index (χ3v) is 5.38. The molecule has 0 aliphatic rings. The van der Waals surface area contributed by atoms with Crippen molar-refractivity contribution in [2.24, 2.45) is 0 Å². The molecular weight excluding hydrogens is 454 g/mol. The molecule has 7 nitrogen and oxygen atoms in total. The molecule has 0 aliphatic heterocycles. The summed E-state index contributed by atoms with van der Waals surface area (Å²) in [6, 6.07) is 16.9. The molecule has 9 heteroatoms. The maximum Gasteiger partial charge on any atom is 0.294 e. The number of halogens is 2. The number of carbonyl (C=O) groups is 2. The van der Waals surface area contributed by atoms with Gasteiger partial charge in [-0.3, -0.25) is 23.9 Å². The largest absolute Gasteiger partial charge is 0.324 e. The number of hydrogen-bond donors (Lipinski definition) is 1. The lowest BCUT2D eigenvalue weighted by Gasteiger charge is -2.21. The van der Waals surface area contributed by atoms with E-state index < -0.39 is 35.6 Å². The first-order valence-electron chi connectivity index (χ1n) is 10.8. The minimum atomic E-state index is -0.845. The van der Waals surface area contributed by atoms with E-state index in [0.717, 1.165) is 23.3 Å². The molecule has 0 fully saturated rings. The van der Waals surface area contributed by atoms with Crippen LogP contribution in [0.5, 0.6) is 0 Å². The number of aromatic nitrogens is 2. The number of nitrogens with zero attached hydrogens (tertiary/aromatic N) is 3. The molecule has 1 N–H and O–H groups in total. The third-order valence-electron chi connectivity index (χ3n) is 5.38. The predicted octanol–water partition coefficient (Wildman–Crippen LogP) is 4.17. The van der Waals surface area contributed by atoms with Gasteiger partial charge in [-0.15, -0.1) is 0 Å². The summed E-state index contributed by atoms with van der Waals surface area (Å²) in [5.74, 6) is -2.88. The van der Waals surface area contributed by atoms with Crippen molar-refractivity contribution in [2.75, 3.05) is 10.2 Å². The summed E-state index contributed by atoms with van der Waals surface area (Å²) in [5, 5.41) is 2.40. The fourth-order valence-corrected chi connectivity index (χ4v) is 3.69. The van der Waals surface area contributed by atoms with E-state index in [1.54, 1.807) is 24.3 Å². The lowest BCUT2D eigenvalue weighted by atomic mass is 10.1. The zero-order valence-electron chi connectivity index (χ0n) is 19.1. The molecule has 35 heavy (non-hydrogen) atoms. The minimum absolute atomic E-state index is 0.0798. The maximum atomic E-state index is 13.5. The molecule has 1 heterocycles. The van der Waals surface area contributed by atoms with Gasteiger partial charge in [0, 0.05) is 18.7 Å². The van der Waals surface area contributed by atoms with Crippen LogP contribution < -0.4 is 15.8 Å². The molecule has 0 saturated carbocycles. The van der Waals surface area contributed by atoms with E-state index >= 15 is 0 Å². The van der Waals surface area contributed by atoms with Crippen LogP contribution in [-0.2, 0) is 22.7 Å². The first-order chi connectivity index (χ1) is 16.7. The van der Waals surface area contributed by atoms with Crippen molar-refractivity contribution >= 4 is 34.4 Å². The first kappa shape index (κ1) is 23.7. The van der Waals surface area contributed by atoms with Gasteiger partial charge in [0.2, 0.25) is 17.6 Å². The Morgan fingerprint density at radius 3 is 2.31 bits per heavy atom. The Morgan fingerprint density at radius 1 is 1.00 bits per heavy atom. The highest BCUT2D eigenvalue weighted by Gasteiger charge is 2.22. The highest BCUT2D eigenvalue weighted by molar-refractivity contribution is 5.93. The van der Waals surface area contributed by atoms with Crippen molar-refractivity contribution in [1.29, 1.82) is 0 Å². The predicted molar refractivity (Wildman–Crippen MR) is 129 cm³/mol. The molecule has 0 spiro atoms. The molecule has 0 atom stereocenters. The molecule has 0 unspecified atom stereocenters. The summed E-state index contributed by atoms with van der Waals surface area (Å²) in [6.07, 6.45) is 0. The summed E-state index contributed by atoms with van der Waals surface area (Å²) in [7, 11) is 0. The summed E-state index contributed by atoms with van der Waals surface area (Å²) in [4.78, 5) is 44.4. The van der Waals surface area contributed by atoms with Crippen LogP contribution in [0.3, 0.4) is 0 Å². The van der Waals surface area contributed by atoms with Gasteiger partial charge in [0.15, 0.2) is 0 Å². The van der Waals surface area contributed by atoms with Crippen LogP contribution in [0.15, 0.2) is 71.5 Å². The molecule has 4 aromatic rings. The monoisotopic (exact) mass is 476 g/mol. The first-order valence-corrected chi connectivity index (χ1v) is 10.8. The number of nitrogens with one attached hydrogen (secondary N) is 1. The second kappa shape index (κ2) is 9.84. The molecule has 3 aromatic carbocycles. The summed E-state index contributed by atoms with van der Waals surface area (Å²) in [6.45, 7) is 2.94. The van der Waals surface area contributed by atoms with Gasteiger partial charge < -0.3 is 5.32 Å². The van der Waals surface area contributed by atoms with Gasteiger partial charge in [0.05, 0.1) is 17.6 Å². The van der Waals surface area contributed by atoms with E-state index in [2.05, 4.69) is 10.3 Å². The second-order valence-electron chi connectivity index (χ2n) is 8.11. The van der Waals surface area contributed by atoms with Crippen molar-refractivity contribution in [2.45, 2.75) is 26.9 Å². The van der Waals surface area contributed by atoms with Gasteiger partial charge in [-0.2, -0.15) is 0 Å². The maximum absolute atomic E-state index is 13.5.